The molecule has 0 spiro atoms. The first-order chi connectivity index (χ1) is 6.53. The van der Waals surface area contributed by atoms with Gasteiger partial charge < -0.3 is 10.6 Å². The van der Waals surface area contributed by atoms with E-state index in [1.165, 1.54) is 0 Å². The van der Waals surface area contributed by atoms with Crippen LogP contribution in [0, 0.1) is 0 Å². The van der Waals surface area contributed by atoms with E-state index in [4.69, 9.17) is 0 Å². The average molecular weight is 220 g/mol. The first kappa shape index (κ1) is 11.5. The quantitative estimate of drug-likeness (QED) is 0.633. The number of nitrogens with one attached hydrogen (secondary N) is 2. The zero-order chi connectivity index (χ0) is 10.6. The fourth-order valence-corrected chi connectivity index (χ4v) is 3.18. The van der Waals surface area contributed by atoms with Crippen LogP contribution in [0.15, 0.2) is 0 Å². The van der Waals surface area contributed by atoms with E-state index in [2.05, 4.69) is 10.6 Å². The summed E-state index contributed by atoms with van der Waals surface area (Å²) in [6.45, 7) is 0.191. The van der Waals surface area contributed by atoms with Crippen LogP contribution in [-0.4, -0.2) is 45.5 Å². The van der Waals surface area contributed by atoms with Crippen molar-refractivity contribution in [1.82, 2.24) is 10.6 Å². The van der Waals surface area contributed by atoms with Gasteiger partial charge in [0.05, 0.1) is 18.1 Å². The molecule has 0 aromatic heterocycles. The lowest BCUT2D eigenvalue weighted by Crippen LogP contribution is -2.44. The van der Waals surface area contributed by atoms with Gasteiger partial charge in [-0.25, -0.2) is 8.42 Å². The van der Waals surface area contributed by atoms with Gasteiger partial charge in [-0.2, -0.15) is 0 Å². The first-order valence-corrected chi connectivity index (χ1v) is 6.50. The van der Waals surface area contributed by atoms with Gasteiger partial charge in [0.1, 0.15) is 0 Å². The zero-order valence-corrected chi connectivity index (χ0v) is 9.06. The molecule has 1 fully saturated rings. The molecule has 2 N–H and O–H groups in total. The summed E-state index contributed by atoms with van der Waals surface area (Å²) in [7, 11) is -1.32. The summed E-state index contributed by atoms with van der Waals surface area (Å²) in [5.41, 5.74) is 0. The smallest absolute Gasteiger partial charge is 0.233 e. The Morgan fingerprint density at radius 3 is 2.79 bits per heavy atom. The lowest BCUT2D eigenvalue weighted by atomic mass is 10.2. The highest BCUT2D eigenvalue weighted by molar-refractivity contribution is 7.91. The van der Waals surface area contributed by atoms with Crippen molar-refractivity contribution in [1.29, 1.82) is 0 Å². The van der Waals surface area contributed by atoms with E-state index in [-0.39, 0.29) is 30.0 Å². The standard InChI is InChI=1S/C8H16N2O3S/c1-9-8(11)5-10-7-3-2-4-14(12,13)6-7/h7,10H,2-6H2,1H3,(H,9,11). The molecule has 1 amide bonds. The molecule has 0 radical (unpaired) electrons. The van der Waals surface area contributed by atoms with Gasteiger partial charge in [0.25, 0.3) is 0 Å². The number of sulfone groups is 1. The molecular formula is C8H16N2O3S. The Balaban J connectivity index is 2.35. The van der Waals surface area contributed by atoms with Crippen LogP contribution in [0.25, 0.3) is 0 Å². The minimum Gasteiger partial charge on any atom is -0.358 e. The molecule has 0 saturated carbocycles. The Morgan fingerprint density at radius 2 is 2.21 bits per heavy atom. The van der Waals surface area contributed by atoms with Crippen molar-refractivity contribution in [2.75, 3.05) is 25.1 Å². The Kier molecular flexibility index (Phi) is 3.88. The van der Waals surface area contributed by atoms with E-state index in [1.54, 1.807) is 7.05 Å². The summed E-state index contributed by atoms with van der Waals surface area (Å²) in [4.78, 5) is 10.9. The molecule has 0 aliphatic carbocycles. The van der Waals surface area contributed by atoms with E-state index in [1.807, 2.05) is 0 Å². The van der Waals surface area contributed by atoms with E-state index >= 15 is 0 Å². The molecule has 14 heavy (non-hydrogen) atoms. The summed E-state index contributed by atoms with van der Waals surface area (Å²) >= 11 is 0. The van der Waals surface area contributed by atoms with E-state index < -0.39 is 9.84 Å². The molecule has 82 valence electrons. The van der Waals surface area contributed by atoms with Crippen LogP contribution in [0.3, 0.4) is 0 Å². The van der Waals surface area contributed by atoms with E-state index in [0.29, 0.717) is 6.42 Å². The zero-order valence-electron chi connectivity index (χ0n) is 8.25. The number of likely N-dealkylation sites (N-methyl/N-ethyl adjacent to an activating group) is 1. The third kappa shape index (κ3) is 3.63. The molecule has 6 heteroatoms. The summed E-state index contributed by atoms with van der Waals surface area (Å²) in [5, 5.41) is 5.41. The lowest BCUT2D eigenvalue weighted by Gasteiger charge is -2.22. The predicted octanol–water partition coefficient (Wildman–Crippen LogP) is -1.10. The van der Waals surface area contributed by atoms with Crippen LogP contribution >= 0.6 is 0 Å². The summed E-state index contributed by atoms with van der Waals surface area (Å²) < 4.78 is 22.5. The molecular weight excluding hydrogens is 204 g/mol. The molecule has 1 aliphatic rings. The largest absolute Gasteiger partial charge is 0.358 e. The monoisotopic (exact) mass is 220 g/mol. The molecule has 1 atom stereocenters. The third-order valence-corrected chi connectivity index (χ3v) is 4.11. The van der Waals surface area contributed by atoms with Gasteiger partial charge in [0.15, 0.2) is 9.84 Å². The van der Waals surface area contributed by atoms with Crippen LogP contribution in [0.4, 0.5) is 0 Å². The maximum Gasteiger partial charge on any atom is 0.233 e. The fourth-order valence-electron chi connectivity index (χ4n) is 1.51. The highest BCUT2D eigenvalue weighted by Gasteiger charge is 2.24. The highest BCUT2D eigenvalue weighted by Crippen LogP contribution is 2.11. The number of hydrogen-bond donors (Lipinski definition) is 2. The van der Waals surface area contributed by atoms with Crippen molar-refractivity contribution >= 4 is 15.7 Å². The van der Waals surface area contributed by atoms with Crippen molar-refractivity contribution in [3.63, 3.8) is 0 Å². The second-order valence-electron chi connectivity index (χ2n) is 3.51. The Labute approximate surface area is 84.2 Å². The van der Waals surface area contributed by atoms with Crippen LogP contribution < -0.4 is 10.6 Å². The summed E-state index contributed by atoms with van der Waals surface area (Å²) in [6.07, 6.45) is 1.52. The normalized spacial score (nSPS) is 25.6. The molecule has 1 rings (SSSR count). The maximum absolute atomic E-state index is 11.2. The maximum atomic E-state index is 11.2. The first-order valence-electron chi connectivity index (χ1n) is 4.68. The predicted molar refractivity (Wildman–Crippen MR) is 53.7 cm³/mol. The third-order valence-electron chi connectivity index (χ3n) is 2.29. The van der Waals surface area contributed by atoms with Gasteiger partial charge in [0, 0.05) is 13.1 Å². The molecule has 1 saturated heterocycles. The second kappa shape index (κ2) is 4.75. The van der Waals surface area contributed by atoms with Gasteiger partial charge in [0.2, 0.25) is 5.91 Å². The average Bonchev–Trinajstić information content (AvgIpc) is 2.12. The molecule has 1 heterocycles. The van der Waals surface area contributed by atoms with Crippen molar-refractivity contribution < 1.29 is 13.2 Å². The number of amides is 1. The van der Waals surface area contributed by atoms with Gasteiger partial charge in [-0.05, 0) is 12.8 Å². The number of hydrogen-bond acceptors (Lipinski definition) is 4. The summed E-state index contributed by atoms with van der Waals surface area (Å²) in [6, 6.07) is -0.0638. The van der Waals surface area contributed by atoms with Gasteiger partial charge in [-0.15, -0.1) is 0 Å². The van der Waals surface area contributed by atoms with Crippen LogP contribution in [0.1, 0.15) is 12.8 Å². The van der Waals surface area contributed by atoms with Crippen molar-refractivity contribution in [2.45, 2.75) is 18.9 Å². The number of carbonyl (C=O) groups is 1. The Hall–Kier alpha value is -0.620. The van der Waals surface area contributed by atoms with Crippen molar-refractivity contribution in [2.24, 2.45) is 0 Å². The fraction of sp³-hybridized carbons (Fsp3) is 0.875. The molecule has 1 aliphatic heterocycles. The molecule has 0 aromatic carbocycles. The summed E-state index contributed by atoms with van der Waals surface area (Å²) in [5.74, 6) is 0.322. The van der Waals surface area contributed by atoms with Gasteiger partial charge in [-0.3, -0.25) is 4.79 Å². The van der Waals surface area contributed by atoms with Crippen LogP contribution in [0.5, 0.6) is 0 Å². The van der Waals surface area contributed by atoms with Crippen LogP contribution in [0.2, 0.25) is 0 Å². The SMILES string of the molecule is CNC(=O)CNC1CCCS(=O)(=O)C1. The number of carbonyl (C=O) groups excluding carboxylic acids is 1. The van der Waals surface area contributed by atoms with E-state index in [9.17, 15) is 13.2 Å². The minimum atomic E-state index is -2.88. The Morgan fingerprint density at radius 1 is 1.50 bits per heavy atom. The van der Waals surface area contributed by atoms with Crippen molar-refractivity contribution in [3.8, 4) is 0 Å². The van der Waals surface area contributed by atoms with Gasteiger partial charge >= 0.3 is 0 Å². The second-order valence-corrected chi connectivity index (χ2v) is 5.74. The molecule has 0 bridgehead atoms. The van der Waals surface area contributed by atoms with Crippen molar-refractivity contribution in [3.05, 3.63) is 0 Å². The topological polar surface area (TPSA) is 75.3 Å². The number of rotatable bonds is 3. The lowest BCUT2D eigenvalue weighted by molar-refractivity contribution is -0.119. The van der Waals surface area contributed by atoms with Gasteiger partial charge in [-0.1, -0.05) is 0 Å². The molecule has 1 unspecified atom stereocenters. The molecule has 5 nitrogen and oxygen atoms in total. The minimum absolute atomic E-state index is 0.0638. The van der Waals surface area contributed by atoms with Crippen LogP contribution in [-0.2, 0) is 14.6 Å². The van der Waals surface area contributed by atoms with E-state index in [0.717, 1.165) is 6.42 Å². The highest BCUT2D eigenvalue weighted by atomic mass is 32.2. The molecule has 0 aromatic rings. The Bertz CT molecular complexity index is 300.